The molecule has 0 spiro atoms. The van der Waals surface area contributed by atoms with Crippen molar-refractivity contribution in [3.8, 4) is 5.75 Å². The smallest absolute Gasteiger partial charge is 0.119 e. The molecule has 2 rings (SSSR count). The van der Waals surface area contributed by atoms with Gasteiger partial charge in [0.1, 0.15) is 5.75 Å². The van der Waals surface area contributed by atoms with Crippen molar-refractivity contribution < 1.29 is 9.13 Å². The van der Waals surface area contributed by atoms with Crippen molar-refractivity contribution in [1.82, 2.24) is 10.2 Å². The van der Waals surface area contributed by atoms with Gasteiger partial charge in [-0.1, -0.05) is 6.07 Å². The van der Waals surface area contributed by atoms with E-state index in [1.165, 1.54) is 11.1 Å². The van der Waals surface area contributed by atoms with Crippen LogP contribution in [0.5, 0.6) is 5.75 Å². The number of piperazine rings is 1. The van der Waals surface area contributed by atoms with Gasteiger partial charge >= 0.3 is 0 Å². The largest absolute Gasteiger partial charge is 0.497 e. The van der Waals surface area contributed by atoms with Crippen molar-refractivity contribution in [3.05, 3.63) is 29.3 Å². The van der Waals surface area contributed by atoms with Crippen LogP contribution in [0.3, 0.4) is 0 Å². The van der Waals surface area contributed by atoms with Gasteiger partial charge in [-0.05, 0) is 36.6 Å². The van der Waals surface area contributed by atoms with Crippen LogP contribution in [0.25, 0.3) is 0 Å². The molecule has 1 aromatic rings. The summed E-state index contributed by atoms with van der Waals surface area (Å²) in [7, 11) is 1.67. The van der Waals surface area contributed by atoms with E-state index in [0.717, 1.165) is 31.9 Å². The summed E-state index contributed by atoms with van der Waals surface area (Å²) in [5, 5.41) is 3.34. The first-order valence-electron chi connectivity index (χ1n) is 6.91. The lowest BCUT2D eigenvalue weighted by Crippen LogP contribution is -2.45. The van der Waals surface area contributed by atoms with E-state index >= 15 is 0 Å². The zero-order valence-corrected chi connectivity index (χ0v) is 11.8. The molecule has 3 nitrogen and oxygen atoms in total. The summed E-state index contributed by atoms with van der Waals surface area (Å²) in [6.45, 7) is 5.73. The third kappa shape index (κ3) is 3.45. The predicted octanol–water partition coefficient (Wildman–Crippen LogP) is 2.31. The second-order valence-electron chi connectivity index (χ2n) is 5.00. The Bertz CT molecular complexity index is 405. The maximum atomic E-state index is 12.9. The summed E-state index contributed by atoms with van der Waals surface area (Å²) >= 11 is 0. The number of hydrogen-bond acceptors (Lipinski definition) is 3. The van der Waals surface area contributed by atoms with Crippen molar-refractivity contribution in [1.29, 1.82) is 0 Å². The topological polar surface area (TPSA) is 24.5 Å². The highest BCUT2D eigenvalue weighted by molar-refractivity contribution is 5.36. The van der Waals surface area contributed by atoms with Gasteiger partial charge in [-0.2, -0.15) is 0 Å². The molecular weight excluding hydrogens is 243 g/mol. The van der Waals surface area contributed by atoms with E-state index in [1.54, 1.807) is 7.11 Å². The number of hydrogen-bond donors (Lipinski definition) is 1. The van der Waals surface area contributed by atoms with Crippen molar-refractivity contribution in [2.45, 2.75) is 19.4 Å². The number of nitrogens with zero attached hydrogens (tertiary/aromatic N) is 1. The van der Waals surface area contributed by atoms with E-state index in [-0.39, 0.29) is 12.7 Å². The lowest BCUT2D eigenvalue weighted by Gasteiger charge is -2.35. The average molecular weight is 266 g/mol. The second kappa shape index (κ2) is 6.87. The Kier molecular flexibility index (Phi) is 5.16. The SMILES string of the molecule is COc1ccc([C@H](CCF)N2CCNCC2)c(C)c1. The van der Waals surface area contributed by atoms with Crippen LogP contribution in [0.2, 0.25) is 0 Å². The molecule has 1 N–H and O–H groups in total. The maximum Gasteiger partial charge on any atom is 0.119 e. The van der Waals surface area contributed by atoms with E-state index in [0.29, 0.717) is 6.42 Å². The van der Waals surface area contributed by atoms with Crippen LogP contribution in [-0.4, -0.2) is 44.9 Å². The quantitative estimate of drug-likeness (QED) is 0.885. The molecule has 0 bridgehead atoms. The zero-order valence-electron chi connectivity index (χ0n) is 11.8. The molecule has 0 aromatic heterocycles. The highest BCUT2D eigenvalue weighted by Gasteiger charge is 2.23. The molecule has 0 saturated carbocycles. The minimum absolute atomic E-state index is 0.179. The van der Waals surface area contributed by atoms with Crippen LogP contribution in [0.1, 0.15) is 23.6 Å². The second-order valence-corrected chi connectivity index (χ2v) is 5.00. The fraction of sp³-hybridized carbons (Fsp3) is 0.600. The van der Waals surface area contributed by atoms with Crippen LogP contribution in [0, 0.1) is 6.92 Å². The molecule has 1 aromatic carbocycles. The molecule has 4 heteroatoms. The van der Waals surface area contributed by atoms with E-state index in [1.807, 2.05) is 12.1 Å². The number of ether oxygens (including phenoxy) is 1. The number of methoxy groups -OCH3 is 1. The molecule has 0 aliphatic carbocycles. The molecule has 1 aliphatic rings. The standard InChI is InChI=1S/C15H23FN2O/c1-12-11-13(19-2)3-4-14(12)15(5-6-16)18-9-7-17-8-10-18/h3-4,11,15,17H,5-10H2,1-2H3/t15-/m0/s1. The van der Waals surface area contributed by atoms with Crippen LogP contribution in [0.4, 0.5) is 4.39 Å². The Labute approximate surface area is 114 Å². The molecule has 106 valence electrons. The van der Waals surface area contributed by atoms with Crippen LogP contribution < -0.4 is 10.1 Å². The number of benzene rings is 1. The normalized spacial score (nSPS) is 18.3. The molecule has 1 heterocycles. The first kappa shape index (κ1) is 14.3. The van der Waals surface area contributed by atoms with Gasteiger partial charge < -0.3 is 10.1 Å². The maximum absolute atomic E-state index is 12.9. The van der Waals surface area contributed by atoms with Gasteiger partial charge in [-0.15, -0.1) is 0 Å². The Balaban J connectivity index is 2.22. The molecule has 0 radical (unpaired) electrons. The van der Waals surface area contributed by atoms with Gasteiger partial charge in [0, 0.05) is 32.2 Å². The lowest BCUT2D eigenvalue weighted by atomic mass is 9.97. The number of halogens is 1. The van der Waals surface area contributed by atoms with Gasteiger partial charge in [0.25, 0.3) is 0 Å². The van der Waals surface area contributed by atoms with E-state index in [4.69, 9.17) is 4.74 Å². The number of rotatable bonds is 5. The minimum Gasteiger partial charge on any atom is -0.497 e. The van der Waals surface area contributed by atoms with Crippen molar-refractivity contribution in [2.24, 2.45) is 0 Å². The van der Waals surface area contributed by atoms with Gasteiger partial charge in [-0.3, -0.25) is 9.29 Å². The summed E-state index contributed by atoms with van der Waals surface area (Å²) in [4.78, 5) is 2.38. The van der Waals surface area contributed by atoms with Gasteiger partial charge in [-0.25, -0.2) is 0 Å². The Hall–Kier alpha value is -1.13. The van der Waals surface area contributed by atoms with Gasteiger partial charge in [0.05, 0.1) is 13.8 Å². The van der Waals surface area contributed by atoms with Crippen LogP contribution >= 0.6 is 0 Å². The summed E-state index contributed by atoms with van der Waals surface area (Å²) in [6.07, 6.45) is 0.563. The monoisotopic (exact) mass is 266 g/mol. The molecular formula is C15H23FN2O. The van der Waals surface area contributed by atoms with Crippen molar-refractivity contribution >= 4 is 0 Å². The molecule has 0 amide bonds. The number of aryl methyl sites for hydroxylation is 1. The Morgan fingerprint density at radius 3 is 2.68 bits per heavy atom. The third-order valence-corrected chi connectivity index (χ3v) is 3.81. The molecule has 1 aliphatic heterocycles. The molecule has 1 fully saturated rings. The summed E-state index contributed by atoms with van der Waals surface area (Å²) in [5.41, 5.74) is 2.40. The first-order valence-corrected chi connectivity index (χ1v) is 6.91. The van der Waals surface area contributed by atoms with Crippen molar-refractivity contribution in [2.75, 3.05) is 40.0 Å². The third-order valence-electron chi connectivity index (χ3n) is 3.81. The van der Waals surface area contributed by atoms with Crippen LogP contribution in [-0.2, 0) is 0 Å². The van der Waals surface area contributed by atoms with E-state index in [9.17, 15) is 4.39 Å². The first-order chi connectivity index (χ1) is 9.26. The minimum atomic E-state index is -0.278. The number of alkyl halides is 1. The van der Waals surface area contributed by atoms with Crippen LogP contribution in [0.15, 0.2) is 18.2 Å². The fourth-order valence-corrected chi connectivity index (χ4v) is 2.78. The Morgan fingerprint density at radius 1 is 1.37 bits per heavy atom. The van der Waals surface area contributed by atoms with Crippen molar-refractivity contribution in [3.63, 3.8) is 0 Å². The van der Waals surface area contributed by atoms with E-state index < -0.39 is 0 Å². The number of nitrogens with one attached hydrogen (secondary N) is 1. The summed E-state index contributed by atoms with van der Waals surface area (Å²) in [6, 6.07) is 6.26. The molecule has 1 atom stereocenters. The highest BCUT2D eigenvalue weighted by atomic mass is 19.1. The highest BCUT2D eigenvalue weighted by Crippen LogP contribution is 2.29. The van der Waals surface area contributed by atoms with Gasteiger partial charge in [0.2, 0.25) is 0 Å². The molecule has 19 heavy (non-hydrogen) atoms. The zero-order chi connectivity index (χ0) is 13.7. The average Bonchev–Trinajstić information content (AvgIpc) is 2.46. The van der Waals surface area contributed by atoms with Gasteiger partial charge in [0.15, 0.2) is 0 Å². The predicted molar refractivity (Wildman–Crippen MR) is 75.5 cm³/mol. The molecule has 0 unspecified atom stereocenters. The lowest BCUT2D eigenvalue weighted by molar-refractivity contribution is 0.157. The summed E-state index contributed by atoms with van der Waals surface area (Å²) in [5.74, 6) is 0.862. The van der Waals surface area contributed by atoms with E-state index in [2.05, 4.69) is 23.2 Å². The summed E-state index contributed by atoms with van der Waals surface area (Å²) < 4.78 is 18.1. The Morgan fingerprint density at radius 2 is 2.11 bits per heavy atom. The fourth-order valence-electron chi connectivity index (χ4n) is 2.78. The molecule has 1 saturated heterocycles.